The highest BCUT2D eigenvalue weighted by atomic mass is 16.7. The molecule has 3 heteroatoms. The lowest BCUT2D eigenvalue weighted by Gasteiger charge is -2.06. The molecule has 0 rings (SSSR count). The zero-order valence-electron chi connectivity index (χ0n) is 4.14. The second kappa shape index (κ2) is 3.08. The first-order chi connectivity index (χ1) is 2.81. The zero-order valence-corrected chi connectivity index (χ0v) is 4.14. The van der Waals surface area contributed by atoms with Crippen LogP contribution < -0.4 is 5.84 Å². The van der Waals surface area contributed by atoms with Gasteiger partial charge in [0.15, 0.2) is 0 Å². The fraction of sp³-hybridized carbons (Fsp3) is 1.00. The van der Waals surface area contributed by atoms with Crippen LogP contribution in [0, 0.1) is 0 Å². The number of rotatable bonds is 2. The van der Waals surface area contributed by atoms with Crippen LogP contribution in [0.15, 0.2) is 0 Å². The third-order valence-electron chi connectivity index (χ3n) is 0.546. The molecule has 0 spiro atoms. The summed E-state index contributed by atoms with van der Waals surface area (Å²) in [5.41, 5.74) is 0. The van der Waals surface area contributed by atoms with Crippen molar-refractivity contribution >= 4 is 0 Å². The summed E-state index contributed by atoms with van der Waals surface area (Å²) >= 11 is 0. The molecule has 0 heterocycles. The van der Waals surface area contributed by atoms with Crippen molar-refractivity contribution in [1.29, 1.82) is 0 Å². The molecule has 0 fully saturated rings. The van der Waals surface area contributed by atoms with E-state index >= 15 is 0 Å². The summed E-state index contributed by atoms with van der Waals surface area (Å²) in [6, 6.07) is 0. The van der Waals surface area contributed by atoms with Gasteiger partial charge in [-0.3, -0.25) is 4.84 Å². The third-order valence-corrected chi connectivity index (χ3v) is 0.546. The standard InChI is InChI=1S/C3H10N2O/c1-3-5(4)6-2/h3-4H2,1-2H3. The highest BCUT2D eigenvalue weighted by Crippen LogP contribution is 1.68. The molecule has 0 aliphatic heterocycles. The Morgan fingerprint density at radius 1 is 1.83 bits per heavy atom. The number of nitrogens with two attached hydrogens (primary N) is 1. The molecule has 0 bridgehead atoms. The van der Waals surface area contributed by atoms with Crippen LogP contribution in [0.5, 0.6) is 0 Å². The van der Waals surface area contributed by atoms with Gasteiger partial charge in [0.05, 0.1) is 7.11 Å². The molecule has 6 heavy (non-hydrogen) atoms. The fourth-order valence-electron chi connectivity index (χ4n) is 0.129. The van der Waals surface area contributed by atoms with Gasteiger partial charge in [-0.1, -0.05) is 0 Å². The topological polar surface area (TPSA) is 38.5 Å². The first-order valence-corrected chi connectivity index (χ1v) is 1.87. The summed E-state index contributed by atoms with van der Waals surface area (Å²) < 4.78 is 0. The molecule has 0 unspecified atom stereocenters. The normalized spacial score (nSPS) is 10.0. The van der Waals surface area contributed by atoms with E-state index in [9.17, 15) is 0 Å². The molecule has 0 aliphatic rings. The van der Waals surface area contributed by atoms with Crippen LogP contribution in [0.2, 0.25) is 0 Å². The van der Waals surface area contributed by atoms with Gasteiger partial charge in [0, 0.05) is 6.54 Å². The Balaban J connectivity index is 2.75. The van der Waals surface area contributed by atoms with Crippen molar-refractivity contribution in [3.8, 4) is 0 Å². The molecule has 0 amide bonds. The van der Waals surface area contributed by atoms with E-state index in [1.165, 1.54) is 12.3 Å². The minimum atomic E-state index is 0.719. The summed E-state index contributed by atoms with van der Waals surface area (Å²) in [4.78, 5) is 4.51. The van der Waals surface area contributed by atoms with Gasteiger partial charge in [0.25, 0.3) is 0 Å². The molecular formula is C3H10N2O. The van der Waals surface area contributed by atoms with E-state index in [1.807, 2.05) is 6.92 Å². The van der Waals surface area contributed by atoms with Gasteiger partial charge in [-0.2, -0.15) is 0 Å². The van der Waals surface area contributed by atoms with E-state index < -0.39 is 0 Å². The zero-order chi connectivity index (χ0) is 4.99. The number of hydrazine groups is 1. The van der Waals surface area contributed by atoms with Gasteiger partial charge in [-0.15, -0.1) is 5.17 Å². The van der Waals surface area contributed by atoms with Gasteiger partial charge in [-0.25, -0.2) is 5.84 Å². The fourth-order valence-corrected chi connectivity index (χ4v) is 0.129. The molecule has 3 nitrogen and oxygen atoms in total. The smallest absolute Gasteiger partial charge is 0.0591 e. The maximum Gasteiger partial charge on any atom is 0.0591 e. The SMILES string of the molecule is CCN(N)OC. The Morgan fingerprint density at radius 2 is 2.33 bits per heavy atom. The van der Waals surface area contributed by atoms with Crippen LogP contribution in [0.1, 0.15) is 6.92 Å². The van der Waals surface area contributed by atoms with Gasteiger partial charge in [0.2, 0.25) is 0 Å². The average molecular weight is 90.1 g/mol. The lowest BCUT2D eigenvalue weighted by atomic mass is 10.8. The van der Waals surface area contributed by atoms with Crippen LogP contribution in [0.3, 0.4) is 0 Å². The van der Waals surface area contributed by atoms with Crippen molar-refractivity contribution in [3.63, 3.8) is 0 Å². The van der Waals surface area contributed by atoms with E-state index in [0.717, 1.165) is 6.54 Å². The Kier molecular flexibility index (Phi) is 3.02. The molecule has 38 valence electrons. The molecule has 0 radical (unpaired) electrons. The van der Waals surface area contributed by atoms with Gasteiger partial charge in [0.1, 0.15) is 0 Å². The summed E-state index contributed by atoms with van der Waals surface area (Å²) in [7, 11) is 1.53. The van der Waals surface area contributed by atoms with E-state index in [2.05, 4.69) is 4.84 Å². The predicted octanol–water partition coefficient (Wildman–Crippen LogP) is -0.257. The molecule has 0 aliphatic carbocycles. The van der Waals surface area contributed by atoms with E-state index in [4.69, 9.17) is 5.84 Å². The maximum absolute atomic E-state index is 5.08. The van der Waals surface area contributed by atoms with Crippen LogP contribution in [0.25, 0.3) is 0 Å². The number of nitrogens with zero attached hydrogens (tertiary/aromatic N) is 1. The monoisotopic (exact) mass is 90.1 g/mol. The van der Waals surface area contributed by atoms with Gasteiger partial charge >= 0.3 is 0 Å². The average Bonchev–Trinajstić information content (AvgIpc) is 1.65. The molecule has 0 aromatic heterocycles. The molecule has 2 N–H and O–H groups in total. The lowest BCUT2D eigenvalue weighted by molar-refractivity contribution is -0.129. The van der Waals surface area contributed by atoms with Crippen molar-refractivity contribution in [2.45, 2.75) is 6.92 Å². The minimum absolute atomic E-state index is 0.719. The van der Waals surface area contributed by atoms with Crippen LogP contribution in [0.4, 0.5) is 0 Å². The number of hydrogen-bond acceptors (Lipinski definition) is 3. The van der Waals surface area contributed by atoms with Crippen molar-refractivity contribution in [1.82, 2.24) is 5.17 Å². The number of hydroxylamine groups is 1. The van der Waals surface area contributed by atoms with Crippen LogP contribution in [-0.2, 0) is 4.84 Å². The summed E-state index contributed by atoms with van der Waals surface area (Å²) in [5.74, 6) is 5.08. The second-order valence-electron chi connectivity index (χ2n) is 0.916. The highest BCUT2D eigenvalue weighted by molar-refractivity contribution is 4.13. The second-order valence-corrected chi connectivity index (χ2v) is 0.916. The largest absolute Gasteiger partial charge is 0.288 e. The summed E-state index contributed by atoms with van der Waals surface area (Å²) in [6.45, 7) is 2.62. The quantitative estimate of drug-likeness (QED) is 0.375. The predicted molar refractivity (Wildman–Crippen MR) is 23.6 cm³/mol. The van der Waals surface area contributed by atoms with E-state index in [-0.39, 0.29) is 0 Å². The van der Waals surface area contributed by atoms with Crippen molar-refractivity contribution in [3.05, 3.63) is 0 Å². The molecule has 0 atom stereocenters. The van der Waals surface area contributed by atoms with Crippen molar-refractivity contribution < 1.29 is 4.84 Å². The summed E-state index contributed by atoms with van der Waals surface area (Å²) in [5, 5.41) is 1.25. The molecule has 0 aromatic rings. The summed E-state index contributed by atoms with van der Waals surface area (Å²) in [6.07, 6.45) is 0. The van der Waals surface area contributed by atoms with Crippen LogP contribution >= 0.6 is 0 Å². The van der Waals surface area contributed by atoms with Gasteiger partial charge < -0.3 is 0 Å². The Bertz CT molecular complexity index is 28.0. The van der Waals surface area contributed by atoms with E-state index in [1.54, 1.807) is 0 Å². The molecule has 0 saturated carbocycles. The molecule has 0 saturated heterocycles. The van der Waals surface area contributed by atoms with Crippen molar-refractivity contribution in [2.75, 3.05) is 13.7 Å². The van der Waals surface area contributed by atoms with Crippen molar-refractivity contribution in [2.24, 2.45) is 5.84 Å². The maximum atomic E-state index is 5.08. The first-order valence-electron chi connectivity index (χ1n) is 1.87. The Hall–Kier alpha value is -0.120. The lowest BCUT2D eigenvalue weighted by Crippen LogP contribution is -2.28. The van der Waals surface area contributed by atoms with Crippen LogP contribution in [-0.4, -0.2) is 18.8 Å². The number of hydrogen-bond donors (Lipinski definition) is 1. The Morgan fingerprint density at radius 3 is 2.33 bits per heavy atom. The third kappa shape index (κ3) is 2.14. The highest BCUT2D eigenvalue weighted by Gasteiger charge is 1.82. The Labute approximate surface area is 37.6 Å². The minimum Gasteiger partial charge on any atom is -0.288 e. The van der Waals surface area contributed by atoms with E-state index in [0.29, 0.717) is 0 Å². The first kappa shape index (κ1) is 5.88. The van der Waals surface area contributed by atoms with Gasteiger partial charge in [-0.05, 0) is 6.92 Å². The molecule has 0 aromatic carbocycles. The molecular weight excluding hydrogens is 80.0 g/mol.